The normalized spacial score (nSPS) is 15.7. The molecule has 0 saturated heterocycles. The molecule has 1 N–H and O–H groups in total. The van der Waals surface area contributed by atoms with Gasteiger partial charge in [0, 0.05) is 23.7 Å². The van der Waals surface area contributed by atoms with Crippen LogP contribution in [0.1, 0.15) is 19.8 Å². The van der Waals surface area contributed by atoms with Crippen LogP contribution < -0.4 is 9.64 Å². The van der Waals surface area contributed by atoms with E-state index in [1.165, 1.54) is 16.2 Å². The van der Waals surface area contributed by atoms with Gasteiger partial charge in [-0.15, -0.1) is 11.3 Å². The summed E-state index contributed by atoms with van der Waals surface area (Å²) in [6.07, 6.45) is 1.51. The molecular weight excluding hydrogens is 390 g/mol. The molecule has 0 fully saturated rings. The fourth-order valence-corrected chi connectivity index (χ4v) is 4.00. The Morgan fingerprint density at radius 1 is 1.28 bits per heavy atom. The predicted octanol–water partition coefficient (Wildman–Crippen LogP) is 3.85. The zero-order valence-corrected chi connectivity index (χ0v) is 16.6. The average Bonchev–Trinajstić information content (AvgIpc) is 3.23. The van der Waals surface area contributed by atoms with Crippen molar-refractivity contribution >= 4 is 28.9 Å². The third-order valence-corrected chi connectivity index (χ3v) is 5.53. The minimum Gasteiger partial charge on any atom is -0.481 e. The van der Waals surface area contributed by atoms with Gasteiger partial charge < -0.3 is 14.7 Å². The van der Waals surface area contributed by atoms with Crippen LogP contribution in [-0.4, -0.2) is 39.6 Å². The van der Waals surface area contributed by atoms with E-state index < -0.39 is 12.1 Å². The molecule has 29 heavy (non-hydrogen) atoms. The van der Waals surface area contributed by atoms with E-state index in [4.69, 9.17) is 9.84 Å². The van der Waals surface area contributed by atoms with Crippen LogP contribution in [0.5, 0.6) is 5.75 Å². The molecule has 8 heteroatoms. The number of aromatic nitrogens is 2. The second kappa shape index (κ2) is 8.00. The van der Waals surface area contributed by atoms with Crippen molar-refractivity contribution in [1.29, 1.82) is 0 Å². The molecule has 7 nitrogen and oxygen atoms in total. The van der Waals surface area contributed by atoms with Gasteiger partial charge in [0.15, 0.2) is 6.10 Å². The second-order valence-electron chi connectivity index (χ2n) is 6.58. The molecule has 2 aromatic heterocycles. The highest BCUT2D eigenvalue weighted by Crippen LogP contribution is 2.39. The molecule has 0 radical (unpaired) electrons. The molecule has 0 aliphatic carbocycles. The molecule has 1 unspecified atom stereocenters. The summed E-state index contributed by atoms with van der Waals surface area (Å²) in [6, 6.07) is 11.2. The molecule has 0 spiro atoms. The average molecular weight is 409 g/mol. The van der Waals surface area contributed by atoms with Crippen LogP contribution in [-0.2, 0) is 9.59 Å². The second-order valence-corrected chi connectivity index (χ2v) is 7.44. The number of hydrogen-bond acceptors (Lipinski definition) is 6. The summed E-state index contributed by atoms with van der Waals surface area (Å²) in [5, 5.41) is 11.8. The first-order chi connectivity index (χ1) is 14.1. The van der Waals surface area contributed by atoms with Gasteiger partial charge in [-0.3, -0.25) is 14.6 Å². The first kappa shape index (κ1) is 19.1. The topological polar surface area (TPSA) is 92.6 Å². The number of carbonyl (C=O) groups excluding carboxylic acids is 1. The Morgan fingerprint density at radius 2 is 2.14 bits per heavy atom. The van der Waals surface area contributed by atoms with Gasteiger partial charge in [0.2, 0.25) is 0 Å². The van der Waals surface area contributed by atoms with Gasteiger partial charge in [-0.25, -0.2) is 4.98 Å². The number of pyridine rings is 1. The van der Waals surface area contributed by atoms with Crippen molar-refractivity contribution < 1.29 is 19.4 Å². The van der Waals surface area contributed by atoms with Gasteiger partial charge in [-0.1, -0.05) is 13.0 Å². The van der Waals surface area contributed by atoms with Gasteiger partial charge in [-0.05, 0) is 36.8 Å². The highest BCUT2D eigenvalue weighted by Gasteiger charge is 2.33. The van der Waals surface area contributed by atoms with Crippen molar-refractivity contribution in [1.82, 2.24) is 9.97 Å². The Balaban J connectivity index is 1.69. The first-order valence-electron chi connectivity index (χ1n) is 9.28. The SMILES string of the molecule is CCC1Oc2ccc(-c3csc(-c4ccccn4)n3)cc2N(CCC(=O)O)C1=O. The Morgan fingerprint density at radius 3 is 2.86 bits per heavy atom. The molecule has 4 rings (SSSR count). The fraction of sp³-hybridized carbons (Fsp3) is 0.238. The number of anilines is 1. The minimum atomic E-state index is -0.949. The highest BCUT2D eigenvalue weighted by molar-refractivity contribution is 7.13. The molecule has 148 valence electrons. The maximum Gasteiger partial charge on any atom is 0.305 e. The minimum absolute atomic E-state index is 0.0979. The number of hydrogen-bond donors (Lipinski definition) is 1. The van der Waals surface area contributed by atoms with Crippen LogP contribution in [0.25, 0.3) is 22.0 Å². The first-order valence-corrected chi connectivity index (χ1v) is 10.2. The third-order valence-electron chi connectivity index (χ3n) is 4.66. The number of fused-ring (bicyclic) bond motifs is 1. The largest absolute Gasteiger partial charge is 0.481 e. The van der Waals surface area contributed by atoms with Gasteiger partial charge in [0.1, 0.15) is 10.8 Å². The Hall–Kier alpha value is -3.26. The van der Waals surface area contributed by atoms with Gasteiger partial charge in [0.25, 0.3) is 5.91 Å². The third kappa shape index (κ3) is 3.84. The molecular formula is C21H19N3O4S. The van der Waals surface area contributed by atoms with Crippen LogP contribution in [0.4, 0.5) is 5.69 Å². The maximum absolute atomic E-state index is 12.8. The molecule has 1 amide bonds. The van der Waals surface area contributed by atoms with Crippen LogP contribution in [0.2, 0.25) is 0 Å². The molecule has 1 aliphatic heterocycles. The molecule has 0 saturated carbocycles. The van der Waals surface area contributed by atoms with Crippen LogP contribution in [0, 0.1) is 0 Å². The monoisotopic (exact) mass is 409 g/mol. The number of carboxylic acid groups (broad SMARTS) is 1. The van der Waals surface area contributed by atoms with E-state index in [1.54, 1.807) is 6.20 Å². The van der Waals surface area contributed by atoms with E-state index >= 15 is 0 Å². The van der Waals surface area contributed by atoms with E-state index in [0.29, 0.717) is 17.9 Å². The fourth-order valence-electron chi connectivity index (χ4n) is 3.19. The van der Waals surface area contributed by atoms with Crippen molar-refractivity contribution in [3.8, 4) is 27.7 Å². The zero-order valence-electron chi connectivity index (χ0n) is 15.7. The van der Waals surface area contributed by atoms with Crippen molar-refractivity contribution in [3.63, 3.8) is 0 Å². The number of nitrogens with zero attached hydrogens (tertiary/aromatic N) is 3. The number of ether oxygens (including phenoxy) is 1. The Bertz CT molecular complexity index is 1050. The highest BCUT2D eigenvalue weighted by atomic mass is 32.1. The number of thiazole rings is 1. The van der Waals surface area contributed by atoms with Crippen molar-refractivity contribution in [2.45, 2.75) is 25.9 Å². The van der Waals surface area contributed by atoms with Crippen molar-refractivity contribution in [3.05, 3.63) is 48.0 Å². The number of carbonyl (C=O) groups is 2. The molecule has 3 aromatic rings. The lowest BCUT2D eigenvalue weighted by molar-refractivity contribution is -0.136. The smallest absolute Gasteiger partial charge is 0.305 e. The Labute approximate surface area is 171 Å². The van der Waals surface area contributed by atoms with E-state index in [2.05, 4.69) is 9.97 Å². The van der Waals surface area contributed by atoms with Crippen LogP contribution in [0.15, 0.2) is 48.0 Å². The van der Waals surface area contributed by atoms with Gasteiger partial charge >= 0.3 is 5.97 Å². The number of aliphatic carboxylic acids is 1. The van der Waals surface area contributed by atoms with Crippen LogP contribution in [0.3, 0.4) is 0 Å². The predicted molar refractivity (Wildman–Crippen MR) is 110 cm³/mol. The maximum atomic E-state index is 12.8. The van der Waals surface area contributed by atoms with Crippen LogP contribution >= 0.6 is 11.3 Å². The van der Waals surface area contributed by atoms with E-state index in [-0.39, 0.29) is 18.9 Å². The molecule has 1 atom stereocenters. The van der Waals surface area contributed by atoms with E-state index in [1.807, 2.05) is 48.7 Å². The summed E-state index contributed by atoms with van der Waals surface area (Å²) in [6.45, 7) is 1.96. The van der Waals surface area contributed by atoms with Gasteiger partial charge in [-0.2, -0.15) is 0 Å². The lowest BCUT2D eigenvalue weighted by Gasteiger charge is -2.34. The van der Waals surface area contributed by atoms with Crippen molar-refractivity contribution in [2.75, 3.05) is 11.4 Å². The lowest BCUT2D eigenvalue weighted by atomic mass is 10.1. The molecule has 1 aromatic carbocycles. The number of amides is 1. The molecule has 0 bridgehead atoms. The quantitative estimate of drug-likeness (QED) is 0.665. The zero-order chi connectivity index (χ0) is 20.4. The summed E-state index contributed by atoms with van der Waals surface area (Å²) >= 11 is 1.49. The Kier molecular flexibility index (Phi) is 5.26. The van der Waals surface area contributed by atoms with E-state index in [0.717, 1.165) is 22.0 Å². The summed E-state index contributed by atoms with van der Waals surface area (Å²) < 4.78 is 5.83. The summed E-state index contributed by atoms with van der Waals surface area (Å²) in [5.74, 6) is -0.592. The number of carboxylic acids is 1. The number of rotatable bonds is 6. The number of benzene rings is 1. The standard InChI is InChI=1S/C21H19N3O4S/c1-2-17-21(27)24(10-8-19(25)26)16-11-13(6-7-18(16)28-17)15-12-29-20(23-15)14-5-3-4-9-22-14/h3-7,9,11-12,17H,2,8,10H2,1H3,(H,25,26). The summed E-state index contributed by atoms with van der Waals surface area (Å²) in [7, 11) is 0. The summed E-state index contributed by atoms with van der Waals surface area (Å²) in [5.41, 5.74) is 2.97. The molecule has 3 heterocycles. The molecule has 1 aliphatic rings. The van der Waals surface area contributed by atoms with Gasteiger partial charge in [0.05, 0.1) is 23.5 Å². The lowest BCUT2D eigenvalue weighted by Crippen LogP contribution is -2.46. The summed E-state index contributed by atoms with van der Waals surface area (Å²) in [4.78, 5) is 34.3. The van der Waals surface area contributed by atoms with E-state index in [9.17, 15) is 9.59 Å². The van der Waals surface area contributed by atoms with Crippen molar-refractivity contribution in [2.24, 2.45) is 0 Å².